The number of nitrogens with zero attached hydrogens (tertiary/aromatic N) is 2. The van der Waals surface area contributed by atoms with E-state index >= 15 is 0 Å². The Labute approximate surface area is 122 Å². The Morgan fingerprint density at radius 3 is 3.00 bits per heavy atom. The fourth-order valence-electron chi connectivity index (χ4n) is 3.02. The highest BCUT2D eigenvalue weighted by molar-refractivity contribution is 5.55. The van der Waals surface area contributed by atoms with Gasteiger partial charge in [0.05, 0.1) is 11.8 Å². The topological polar surface area (TPSA) is 46.8 Å². The summed E-state index contributed by atoms with van der Waals surface area (Å²) in [5.41, 5.74) is 3.95. The number of hydrogen-bond donors (Lipinski definition) is 1. The van der Waals surface area contributed by atoms with Crippen molar-refractivity contribution in [3.8, 4) is 5.75 Å². The van der Waals surface area contributed by atoms with Crippen molar-refractivity contribution >= 4 is 5.65 Å². The van der Waals surface area contributed by atoms with E-state index in [-0.39, 0.29) is 6.10 Å². The molecule has 0 saturated carbocycles. The van der Waals surface area contributed by atoms with E-state index in [1.165, 1.54) is 0 Å². The average molecular weight is 280 g/mol. The molecule has 1 aliphatic carbocycles. The van der Waals surface area contributed by atoms with Gasteiger partial charge in [-0.05, 0) is 30.2 Å². The van der Waals surface area contributed by atoms with Crippen LogP contribution in [0.3, 0.4) is 0 Å². The van der Waals surface area contributed by atoms with E-state index in [0.29, 0.717) is 12.2 Å². The van der Waals surface area contributed by atoms with Crippen LogP contribution in [-0.4, -0.2) is 20.6 Å². The molecule has 4 heteroatoms. The van der Waals surface area contributed by atoms with Gasteiger partial charge in [-0.3, -0.25) is 0 Å². The summed E-state index contributed by atoms with van der Waals surface area (Å²) in [6.45, 7) is 1.95. The summed E-state index contributed by atoms with van der Waals surface area (Å²) in [6, 6.07) is 11.9. The third-order valence-corrected chi connectivity index (χ3v) is 3.96. The van der Waals surface area contributed by atoms with Crippen LogP contribution in [0.25, 0.3) is 5.65 Å². The highest BCUT2D eigenvalue weighted by Gasteiger charge is 2.33. The Balaban J connectivity index is 1.75. The molecule has 21 heavy (non-hydrogen) atoms. The van der Waals surface area contributed by atoms with E-state index < -0.39 is 6.10 Å². The summed E-state index contributed by atoms with van der Waals surface area (Å²) in [4.78, 5) is 4.49. The van der Waals surface area contributed by atoms with Gasteiger partial charge in [0.15, 0.2) is 17.5 Å². The van der Waals surface area contributed by atoms with Crippen LogP contribution < -0.4 is 4.74 Å². The van der Waals surface area contributed by atoms with Gasteiger partial charge in [-0.25, -0.2) is 4.98 Å². The van der Waals surface area contributed by atoms with Gasteiger partial charge in [0.25, 0.3) is 0 Å². The van der Waals surface area contributed by atoms with Crippen molar-refractivity contribution in [3.63, 3.8) is 0 Å². The highest BCUT2D eigenvalue weighted by atomic mass is 16.5. The van der Waals surface area contributed by atoms with E-state index in [2.05, 4.69) is 4.98 Å². The van der Waals surface area contributed by atoms with Crippen molar-refractivity contribution < 1.29 is 9.84 Å². The molecule has 0 radical (unpaired) electrons. The lowest BCUT2D eigenvalue weighted by atomic mass is 10.1. The fourth-order valence-corrected chi connectivity index (χ4v) is 3.02. The fraction of sp³-hybridized carbons (Fsp3) is 0.235. The third kappa shape index (κ3) is 1.99. The van der Waals surface area contributed by atoms with Gasteiger partial charge in [0.1, 0.15) is 0 Å². The lowest BCUT2D eigenvalue weighted by Gasteiger charge is -2.18. The van der Waals surface area contributed by atoms with Gasteiger partial charge in [0.2, 0.25) is 0 Å². The zero-order chi connectivity index (χ0) is 14.4. The molecule has 0 fully saturated rings. The van der Waals surface area contributed by atoms with Crippen molar-refractivity contribution in [3.05, 3.63) is 65.6 Å². The van der Waals surface area contributed by atoms with Crippen molar-refractivity contribution in [1.29, 1.82) is 0 Å². The molecule has 4 nitrogen and oxygen atoms in total. The van der Waals surface area contributed by atoms with Crippen LogP contribution in [0, 0.1) is 6.92 Å². The molecule has 1 aliphatic rings. The molecule has 106 valence electrons. The molecule has 0 bridgehead atoms. The molecule has 2 unspecified atom stereocenters. The highest BCUT2D eigenvalue weighted by Crippen LogP contribution is 2.36. The summed E-state index contributed by atoms with van der Waals surface area (Å²) in [5, 5.41) is 10.3. The molecule has 2 heterocycles. The molecule has 1 aromatic carbocycles. The number of hydrogen-bond acceptors (Lipinski definition) is 3. The molecule has 0 spiro atoms. The first-order chi connectivity index (χ1) is 10.2. The van der Waals surface area contributed by atoms with Crippen LogP contribution in [0.1, 0.15) is 22.9 Å². The van der Waals surface area contributed by atoms with Crippen LogP contribution >= 0.6 is 0 Å². The van der Waals surface area contributed by atoms with Gasteiger partial charge in [0, 0.05) is 18.8 Å². The van der Waals surface area contributed by atoms with Crippen molar-refractivity contribution in [2.24, 2.45) is 0 Å². The van der Waals surface area contributed by atoms with Gasteiger partial charge in [-0.1, -0.05) is 24.3 Å². The van der Waals surface area contributed by atoms with Gasteiger partial charge in [-0.2, -0.15) is 0 Å². The lowest BCUT2D eigenvalue weighted by Crippen LogP contribution is -2.19. The number of rotatable bonds is 2. The number of aliphatic hydroxyl groups excluding tert-OH is 1. The second kappa shape index (κ2) is 4.60. The van der Waals surface area contributed by atoms with Gasteiger partial charge < -0.3 is 14.2 Å². The summed E-state index contributed by atoms with van der Waals surface area (Å²) in [6.07, 6.45) is 3.70. The molecule has 1 N–H and O–H groups in total. The van der Waals surface area contributed by atoms with E-state index in [0.717, 1.165) is 22.5 Å². The second-order valence-corrected chi connectivity index (χ2v) is 5.49. The quantitative estimate of drug-likeness (QED) is 0.785. The minimum Gasteiger partial charge on any atom is -0.479 e. The van der Waals surface area contributed by atoms with Crippen LogP contribution in [-0.2, 0) is 6.42 Å². The summed E-state index contributed by atoms with van der Waals surface area (Å²) in [7, 11) is 0. The number of fused-ring (bicyclic) bond motifs is 2. The molecule has 0 amide bonds. The van der Waals surface area contributed by atoms with E-state index in [4.69, 9.17) is 4.74 Å². The first-order valence-electron chi connectivity index (χ1n) is 7.09. The molecule has 2 atom stereocenters. The normalized spacial score (nSPS) is 20.7. The Kier molecular flexibility index (Phi) is 2.72. The molecule has 4 rings (SSSR count). The Bertz CT molecular complexity index is 809. The number of aromatic nitrogens is 2. The number of benzene rings is 1. The van der Waals surface area contributed by atoms with Crippen LogP contribution in [0.15, 0.2) is 48.8 Å². The number of pyridine rings is 1. The predicted molar refractivity (Wildman–Crippen MR) is 79.5 cm³/mol. The van der Waals surface area contributed by atoms with Gasteiger partial charge >= 0.3 is 0 Å². The largest absolute Gasteiger partial charge is 0.479 e. The summed E-state index contributed by atoms with van der Waals surface area (Å²) >= 11 is 0. The Morgan fingerprint density at radius 1 is 1.24 bits per heavy atom. The molecule has 0 aliphatic heterocycles. The smallest absolute Gasteiger partial charge is 0.179 e. The van der Waals surface area contributed by atoms with Crippen molar-refractivity contribution in [2.75, 3.05) is 0 Å². The second-order valence-electron chi connectivity index (χ2n) is 5.49. The predicted octanol–water partition coefficient (Wildman–Crippen LogP) is 2.68. The van der Waals surface area contributed by atoms with Crippen molar-refractivity contribution in [1.82, 2.24) is 9.38 Å². The molecule has 3 aromatic rings. The lowest BCUT2D eigenvalue weighted by molar-refractivity contribution is 0.0502. The number of aliphatic hydroxyl groups is 1. The maximum absolute atomic E-state index is 10.3. The monoisotopic (exact) mass is 280 g/mol. The zero-order valence-corrected chi connectivity index (χ0v) is 11.7. The third-order valence-electron chi connectivity index (χ3n) is 3.96. The Morgan fingerprint density at radius 2 is 2.10 bits per heavy atom. The minimum atomic E-state index is -0.515. The molecule has 2 aromatic heterocycles. The minimum absolute atomic E-state index is 0.329. The van der Waals surface area contributed by atoms with Crippen LogP contribution in [0.2, 0.25) is 0 Å². The van der Waals surface area contributed by atoms with E-state index in [1.807, 2.05) is 60.1 Å². The van der Waals surface area contributed by atoms with E-state index in [9.17, 15) is 5.11 Å². The maximum Gasteiger partial charge on any atom is 0.179 e. The van der Waals surface area contributed by atoms with Crippen LogP contribution in [0.5, 0.6) is 5.75 Å². The summed E-state index contributed by atoms with van der Waals surface area (Å²) < 4.78 is 8.05. The number of ether oxygens (including phenoxy) is 1. The molecular weight excluding hydrogens is 264 g/mol. The standard InChI is InChI=1S/C17H16N2O2/c1-11-10-19-8-4-7-15(17(19)18-11)21-16-13-6-3-2-5-12(13)9-14(16)20/h2-8,10,14,16,20H,9H2,1H3. The molecule has 0 saturated heterocycles. The summed E-state index contributed by atoms with van der Waals surface area (Å²) in [5.74, 6) is 0.700. The molecular formula is C17H16N2O2. The maximum atomic E-state index is 10.3. The van der Waals surface area contributed by atoms with Gasteiger partial charge in [-0.15, -0.1) is 0 Å². The first-order valence-corrected chi connectivity index (χ1v) is 7.09. The first kappa shape index (κ1) is 12.4. The average Bonchev–Trinajstić information content (AvgIpc) is 3.00. The Hall–Kier alpha value is -2.33. The number of aryl methyl sites for hydroxylation is 1. The number of imidazole rings is 1. The van der Waals surface area contributed by atoms with Crippen LogP contribution in [0.4, 0.5) is 0 Å². The van der Waals surface area contributed by atoms with Crippen molar-refractivity contribution in [2.45, 2.75) is 25.6 Å². The SMILES string of the molecule is Cc1cn2cccc(OC3c4ccccc4CC3O)c2n1. The van der Waals surface area contributed by atoms with E-state index in [1.54, 1.807) is 0 Å². The zero-order valence-electron chi connectivity index (χ0n) is 11.7.